The molecule has 0 atom stereocenters. The van der Waals surface area contributed by atoms with Crippen LogP contribution < -0.4 is 5.32 Å². The van der Waals surface area contributed by atoms with Crippen LogP contribution in [-0.2, 0) is 13.1 Å². The fourth-order valence-corrected chi connectivity index (χ4v) is 2.38. The Morgan fingerprint density at radius 2 is 2.21 bits per heavy atom. The summed E-state index contributed by atoms with van der Waals surface area (Å²) in [6.07, 6.45) is 3.42. The maximum absolute atomic E-state index is 5.92. The molecule has 2 aromatic heterocycles. The van der Waals surface area contributed by atoms with Gasteiger partial charge in [-0.2, -0.15) is 5.10 Å². The molecular formula is C14H14ClN3O. The van der Waals surface area contributed by atoms with Crippen molar-refractivity contribution in [1.29, 1.82) is 0 Å². The highest BCUT2D eigenvalue weighted by Crippen LogP contribution is 2.26. The lowest BCUT2D eigenvalue weighted by atomic mass is 10.1. The highest BCUT2D eigenvalue weighted by molar-refractivity contribution is 6.30. The zero-order valence-corrected chi connectivity index (χ0v) is 11.3. The number of benzene rings is 1. The van der Waals surface area contributed by atoms with E-state index in [-0.39, 0.29) is 0 Å². The molecule has 5 heteroatoms. The number of hydrogen-bond acceptors (Lipinski definition) is 3. The number of furan rings is 1. The number of aromatic nitrogens is 2. The first-order chi connectivity index (χ1) is 9.28. The van der Waals surface area contributed by atoms with Crippen LogP contribution in [0.25, 0.3) is 11.0 Å². The Bertz CT molecular complexity index is 702. The second kappa shape index (κ2) is 5.07. The molecular weight excluding hydrogens is 262 g/mol. The topological polar surface area (TPSA) is 43.0 Å². The fraction of sp³-hybridized carbons (Fsp3) is 0.214. The normalized spacial score (nSPS) is 11.3. The number of halogens is 1. The van der Waals surface area contributed by atoms with Gasteiger partial charge in [-0.05, 0) is 13.1 Å². The number of para-hydroxylation sites is 1. The molecule has 3 aromatic rings. The summed E-state index contributed by atoms with van der Waals surface area (Å²) >= 11 is 5.88. The van der Waals surface area contributed by atoms with Crippen LogP contribution in [0.1, 0.15) is 11.3 Å². The minimum Gasteiger partial charge on any atom is -0.459 e. The van der Waals surface area contributed by atoms with Crippen molar-refractivity contribution in [2.45, 2.75) is 13.1 Å². The molecule has 0 fully saturated rings. The van der Waals surface area contributed by atoms with Crippen molar-refractivity contribution in [3.63, 3.8) is 0 Å². The van der Waals surface area contributed by atoms with Gasteiger partial charge in [0.25, 0.3) is 0 Å². The van der Waals surface area contributed by atoms with Crippen LogP contribution in [0.3, 0.4) is 0 Å². The number of hydrogen-bond donors (Lipinski definition) is 1. The van der Waals surface area contributed by atoms with Crippen LogP contribution >= 0.6 is 11.6 Å². The zero-order chi connectivity index (χ0) is 13.2. The summed E-state index contributed by atoms with van der Waals surface area (Å²) in [6.45, 7) is 1.35. The lowest BCUT2D eigenvalue weighted by Gasteiger charge is -2.02. The third-order valence-corrected chi connectivity index (χ3v) is 3.24. The van der Waals surface area contributed by atoms with E-state index in [4.69, 9.17) is 16.0 Å². The average Bonchev–Trinajstić information content (AvgIpc) is 2.96. The van der Waals surface area contributed by atoms with Gasteiger partial charge in [0.15, 0.2) is 0 Å². The third-order valence-electron chi connectivity index (χ3n) is 3.04. The van der Waals surface area contributed by atoms with Crippen LogP contribution in [0.4, 0.5) is 0 Å². The zero-order valence-electron chi connectivity index (χ0n) is 10.6. The Labute approximate surface area is 116 Å². The van der Waals surface area contributed by atoms with Crippen molar-refractivity contribution < 1.29 is 4.42 Å². The predicted molar refractivity (Wildman–Crippen MR) is 75.3 cm³/mol. The molecule has 98 valence electrons. The molecule has 1 aromatic carbocycles. The molecule has 0 unspecified atom stereocenters. The Morgan fingerprint density at radius 3 is 2.95 bits per heavy atom. The molecule has 2 heterocycles. The fourth-order valence-electron chi connectivity index (χ4n) is 2.22. The molecule has 0 saturated carbocycles. The molecule has 3 rings (SSSR count). The van der Waals surface area contributed by atoms with Crippen molar-refractivity contribution in [3.05, 3.63) is 53.0 Å². The summed E-state index contributed by atoms with van der Waals surface area (Å²) in [5, 5.41) is 9.14. The smallest absolute Gasteiger partial charge is 0.134 e. The molecule has 1 N–H and O–H groups in total. The Hall–Kier alpha value is -1.78. The van der Waals surface area contributed by atoms with Crippen molar-refractivity contribution in [2.24, 2.45) is 0 Å². The van der Waals surface area contributed by atoms with Crippen LogP contribution in [-0.4, -0.2) is 16.8 Å². The van der Waals surface area contributed by atoms with Gasteiger partial charge in [0, 0.05) is 23.7 Å². The van der Waals surface area contributed by atoms with Gasteiger partial charge in [-0.3, -0.25) is 4.68 Å². The molecule has 19 heavy (non-hydrogen) atoms. The molecule has 0 radical (unpaired) electrons. The van der Waals surface area contributed by atoms with Crippen molar-refractivity contribution >= 4 is 22.6 Å². The Balaban J connectivity index is 2.04. The quantitative estimate of drug-likeness (QED) is 0.796. The van der Waals surface area contributed by atoms with Gasteiger partial charge >= 0.3 is 0 Å². The van der Waals surface area contributed by atoms with Gasteiger partial charge in [-0.1, -0.05) is 29.8 Å². The maximum Gasteiger partial charge on any atom is 0.134 e. The summed E-state index contributed by atoms with van der Waals surface area (Å²) in [4.78, 5) is 0. The van der Waals surface area contributed by atoms with Gasteiger partial charge in [0.1, 0.15) is 11.3 Å². The first-order valence-electron chi connectivity index (χ1n) is 6.10. The van der Waals surface area contributed by atoms with Crippen molar-refractivity contribution in [2.75, 3.05) is 7.05 Å². The van der Waals surface area contributed by atoms with Crippen molar-refractivity contribution in [1.82, 2.24) is 15.1 Å². The molecule has 0 saturated heterocycles. The monoisotopic (exact) mass is 275 g/mol. The van der Waals surface area contributed by atoms with Gasteiger partial charge < -0.3 is 9.73 Å². The van der Waals surface area contributed by atoms with Gasteiger partial charge in [-0.25, -0.2) is 0 Å². The standard InChI is InChI=1S/C14H14ClN3O/c1-16-7-12-11-4-2-3-5-13(11)19-14(12)9-18-8-10(15)6-17-18/h2-6,8,16H,7,9H2,1H3. The van der Waals surface area contributed by atoms with E-state index in [1.807, 2.05) is 25.2 Å². The van der Waals surface area contributed by atoms with E-state index in [9.17, 15) is 0 Å². The lowest BCUT2D eigenvalue weighted by Crippen LogP contribution is -2.08. The lowest BCUT2D eigenvalue weighted by molar-refractivity contribution is 0.501. The molecule has 0 bridgehead atoms. The van der Waals surface area contributed by atoms with Gasteiger partial charge in [-0.15, -0.1) is 0 Å². The summed E-state index contributed by atoms with van der Waals surface area (Å²) in [7, 11) is 1.93. The van der Waals surface area contributed by atoms with Crippen molar-refractivity contribution in [3.8, 4) is 0 Å². The average molecular weight is 276 g/mol. The molecule has 0 aliphatic heterocycles. The van der Waals surface area contributed by atoms with Crippen LogP contribution in [0, 0.1) is 0 Å². The predicted octanol–water partition coefficient (Wildman–Crippen LogP) is 3.05. The molecule has 0 aliphatic carbocycles. The van der Waals surface area contributed by atoms with E-state index in [0.717, 1.165) is 23.3 Å². The second-order valence-corrected chi connectivity index (χ2v) is 4.82. The summed E-state index contributed by atoms with van der Waals surface area (Å²) in [5.41, 5.74) is 2.07. The summed E-state index contributed by atoms with van der Waals surface area (Å²) < 4.78 is 7.70. The largest absolute Gasteiger partial charge is 0.459 e. The SMILES string of the molecule is CNCc1c(Cn2cc(Cl)cn2)oc2ccccc12. The van der Waals surface area contributed by atoms with Crippen LogP contribution in [0.15, 0.2) is 41.1 Å². The van der Waals surface area contributed by atoms with Crippen LogP contribution in [0.5, 0.6) is 0 Å². The maximum atomic E-state index is 5.92. The number of nitrogens with zero attached hydrogens (tertiary/aromatic N) is 2. The number of fused-ring (bicyclic) bond motifs is 1. The second-order valence-electron chi connectivity index (χ2n) is 4.39. The Kier molecular flexibility index (Phi) is 3.27. The van der Waals surface area contributed by atoms with E-state index in [2.05, 4.69) is 16.5 Å². The highest BCUT2D eigenvalue weighted by atomic mass is 35.5. The van der Waals surface area contributed by atoms with E-state index in [1.54, 1.807) is 17.1 Å². The molecule has 0 aliphatic rings. The third kappa shape index (κ3) is 2.37. The summed E-state index contributed by atoms with van der Waals surface area (Å²) in [6, 6.07) is 8.05. The van der Waals surface area contributed by atoms with Gasteiger partial charge in [0.05, 0.1) is 17.8 Å². The highest BCUT2D eigenvalue weighted by Gasteiger charge is 2.13. The number of nitrogens with one attached hydrogen (secondary N) is 1. The van der Waals surface area contributed by atoms with E-state index in [0.29, 0.717) is 11.6 Å². The van der Waals surface area contributed by atoms with Gasteiger partial charge in [0.2, 0.25) is 0 Å². The first kappa shape index (κ1) is 12.3. The van der Waals surface area contributed by atoms with E-state index >= 15 is 0 Å². The minimum atomic E-state index is 0.582. The summed E-state index contributed by atoms with van der Waals surface area (Å²) in [5.74, 6) is 0.912. The molecule has 0 amide bonds. The van der Waals surface area contributed by atoms with Crippen LogP contribution in [0.2, 0.25) is 5.02 Å². The minimum absolute atomic E-state index is 0.582. The Morgan fingerprint density at radius 1 is 1.37 bits per heavy atom. The number of rotatable bonds is 4. The molecule has 4 nitrogen and oxygen atoms in total. The molecule has 0 spiro atoms. The first-order valence-corrected chi connectivity index (χ1v) is 6.47. The van der Waals surface area contributed by atoms with E-state index in [1.165, 1.54) is 5.56 Å². The van der Waals surface area contributed by atoms with E-state index < -0.39 is 0 Å².